The topological polar surface area (TPSA) is 120 Å². The number of aromatic nitrogens is 4. The van der Waals surface area contributed by atoms with Crippen molar-refractivity contribution in [3.05, 3.63) is 0 Å². The second kappa shape index (κ2) is 2.91. The molecule has 72 valence electrons. The summed E-state index contributed by atoms with van der Waals surface area (Å²) in [6, 6.07) is 0. The number of anilines is 2. The average molecular weight is 194 g/mol. The Hall–Kier alpha value is -2.25. The number of nitrogens with zero attached hydrogens (tertiary/aromatic N) is 4. The maximum absolute atomic E-state index is 10.8. The summed E-state index contributed by atoms with van der Waals surface area (Å²) in [5.41, 5.74) is 5.86. The molecule has 0 unspecified atom stereocenters. The molecule has 0 saturated heterocycles. The summed E-state index contributed by atoms with van der Waals surface area (Å²) >= 11 is 0. The third-order valence-corrected chi connectivity index (χ3v) is 1.44. The summed E-state index contributed by atoms with van der Waals surface area (Å²) in [7, 11) is 0. The molecule has 0 aromatic carbocycles. The molecule has 8 heteroatoms. The van der Waals surface area contributed by atoms with E-state index in [1.807, 2.05) is 0 Å². The zero-order valence-corrected chi connectivity index (χ0v) is 7.18. The molecule has 0 aliphatic rings. The first-order valence-corrected chi connectivity index (χ1v) is 3.70. The Kier molecular flexibility index (Phi) is 1.73. The average Bonchev–Trinajstić information content (AvgIpc) is 2.50. The highest BCUT2D eigenvalue weighted by Gasteiger charge is 2.11. The summed E-state index contributed by atoms with van der Waals surface area (Å²) in [5, 5.41) is 9.45. The molecule has 0 radical (unpaired) electrons. The molecule has 2 aromatic rings. The van der Waals surface area contributed by atoms with Crippen molar-refractivity contribution in [3.8, 4) is 0 Å². The smallest absolute Gasteiger partial charge is 0.231 e. The van der Waals surface area contributed by atoms with E-state index in [2.05, 4.69) is 30.2 Å². The lowest BCUT2D eigenvalue weighted by atomic mass is 10.5. The zero-order valence-electron chi connectivity index (χ0n) is 7.18. The summed E-state index contributed by atoms with van der Waals surface area (Å²) in [4.78, 5) is 18.3. The van der Waals surface area contributed by atoms with E-state index in [-0.39, 0.29) is 28.8 Å². The van der Waals surface area contributed by atoms with Crippen LogP contribution in [0.3, 0.4) is 0 Å². The van der Waals surface area contributed by atoms with Crippen molar-refractivity contribution in [2.24, 2.45) is 0 Å². The van der Waals surface area contributed by atoms with Gasteiger partial charge in [-0.1, -0.05) is 0 Å². The number of carbonyl (C=O) groups excluding carboxylic acids is 1. The number of nitrogen functional groups attached to an aromatic ring is 1. The lowest BCUT2D eigenvalue weighted by Crippen LogP contribution is -2.09. The Morgan fingerprint density at radius 2 is 2.21 bits per heavy atom. The van der Waals surface area contributed by atoms with Crippen molar-refractivity contribution in [3.63, 3.8) is 0 Å². The third kappa shape index (κ3) is 1.32. The van der Waals surface area contributed by atoms with E-state index in [1.54, 1.807) is 0 Å². The van der Waals surface area contributed by atoms with Crippen LogP contribution in [0.5, 0.6) is 0 Å². The molecule has 0 atom stereocenters. The van der Waals surface area contributed by atoms with Crippen molar-refractivity contribution < 1.29 is 9.42 Å². The number of rotatable bonds is 1. The molecule has 8 nitrogen and oxygen atoms in total. The summed E-state index contributed by atoms with van der Waals surface area (Å²) in [6.45, 7) is 1.34. The lowest BCUT2D eigenvalue weighted by molar-refractivity contribution is -0.114. The van der Waals surface area contributed by atoms with Gasteiger partial charge in [-0.15, -0.1) is 0 Å². The zero-order chi connectivity index (χ0) is 10.1. The second-order valence-corrected chi connectivity index (χ2v) is 2.55. The number of nitrogens with two attached hydrogens (primary N) is 1. The first-order chi connectivity index (χ1) is 6.66. The van der Waals surface area contributed by atoms with Gasteiger partial charge in [-0.3, -0.25) is 4.79 Å². The van der Waals surface area contributed by atoms with Crippen molar-refractivity contribution in [1.29, 1.82) is 0 Å². The predicted octanol–water partition coefficient (Wildman–Crippen LogP) is -0.447. The highest BCUT2D eigenvalue weighted by Crippen LogP contribution is 2.16. The molecule has 0 spiro atoms. The fraction of sp³-hybridized carbons (Fsp3) is 0.167. The molecular weight excluding hydrogens is 188 g/mol. The van der Waals surface area contributed by atoms with Crippen LogP contribution in [-0.4, -0.2) is 26.2 Å². The lowest BCUT2D eigenvalue weighted by Gasteiger charge is -2.00. The van der Waals surface area contributed by atoms with Crippen LogP contribution >= 0.6 is 0 Å². The van der Waals surface area contributed by atoms with Crippen molar-refractivity contribution >= 4 is 28.8 Å². The Labute approximate surface area is 77.5 Å². The van der Waals surface area contributed by atoms with Crippen molar-refractivity contribution in [2.75, 3.05) is 11.1 Å². The van der Waals surface area contributed by atoms with Crippen LogP contribution in [0.25, 0.3) is 11.2 Å². The van der Waals surface area contributed by atoms with E-state index >= 15 is 0 Å². The Morgan fingerprint density at radius 3 is 2.93 bits per heavy atom. The number of amides is 1. The van der Waals surface area contributed by atoms with Crippen molar-refractivity contribution in [1.82, 2.24) is 20.3 Å². The van der Waals surface area contributed by atoms with E-state index in [1.165, 1.54) is 6.92 Å². The highest BCUT2D eigenvalue weighted by molar-refractivity contribution is 5.95. The summed E-state index contributed by atoms with van der Waals surface area (Å²) in [5.74, 6) is -0.0920. The molecule has 2 aromatic heterocycles. The van der Waals surface area contributed by atoms with Gasteiger partial charge in [0.1, 0.15) is 0 Å². The molecule has 0 saturated carbocycles. The van der Waals surface area contributed by atoms with Gasteiger partial charge < -0.3 is 11.1 Å². The summed E-state index contributed by atoms with van der Waals surface area (Å²) < 4.78 is 4.43. The minimum Gasteiger partial charge on any atom is -0.368 e. The maximum Gasteiger partial charge on any atom is 0.231 e. The van der Waals surface area contributed by atoms with Crippen LogP contribution in [-0.2, 0) is 4.79 Å². The number of nitrogens with one attached hydrogen (secondary N) is 1. The molecule has 0 aliphatic heterocycles. The molecule has 1 amide bonds. The van der Waals surface area contributed by atoms with Gasteiger partial charge in [0.2, 0.25) is 17.5 Å². The SMILES string of the molecule is CC(=O)Nc1nc(N)nc2nonc12. The van der Waals surface area contributed by atoms with Gasteiger partial charge in [0, 0.05) is 6.92 Å². The van der Waals surface area contributed by atoms with Crippen LogP contribution in [0.4, 0.5) is 11.8 Å². The van der Waals surface area contributed by atoms with Crippen LogP contribution in [0, 0.1) is 0 Å². The quantitative estimate of drug-likeness (QED) is 0.630. The van der Waals surface area contributed by atoms with Crippen LogP contribution in [0.1, 0.15) is 6.92 Å². The highest BCUT2D eigenvalue weighted by atomic mass is 16.6. The van der Waals surface area contributed by atoms with Gasteiger partial charge >= 0.3 is 0 Å². The van der Waals surface area contributed by atoms with Crippen LogP contribution in [0.15, 0.2) is 4.63 Å². The van der Waals surface area contributed by atoms with E-state index in [0.29, 0.717) is 0 Å². The maximum atomic E-state index is 10.8. The molecule has 0 aliphatic carbocycles. The van der Waals surface area contributed by atoms with Crippen molar-refractivity contribution in [2.45, 2.75) is 6.92 Å². The summed E-state index contributed by atoms with van der Waals surface area (Å²) in [6.07, 6.45) is 0. The van der Waals surface area contributed by atoms with Gasteiger partial charge in [0.05, 0.1) is 0 Å². The molecule has 0 bridgehead atoms. The number of carbonyl (C=O) groups is 1. The number of hydrogen-bond donors (Lipinski definition) is 2. The van der Waals surface area contributed by atoms with Gasteiger partial charge in [-0.25, -0.2) is 4.63 Å². The van der Waals surface area contributed by atoms with E-state index in [0.717, 1.165) is 0 Å². The van der Waals surface area contributed by atoms with Crippen LogP contribution < -0.4 is 11.1 Å². The number of fused-ring (bicyclic) bond motifs is 1. The molecule has 3 N–H and O–H groups in total. The predicted molar refractivity (Wildman–Crippen MR) is 46.1 cm³/mol. The fourth-order valence-corrected chi connectivity index (χ4v) is 0.961. The number of hydrogen-bond acceptors (Lipinski definition) is 7. The monoisotopic (exact) mass is 194 g/mol. The molecule has 14 heavy (non-hydrogen) atoms. The standard InChI is InChI=1S/C6H6N6O2/c1-2(13)8-4-3-5(12-14-11-3)10-6(7)9-4/h1H3,(H3,7,8,9,10,12,13). The van der Waals surface area contributed by atoms with Gasteiger partial charge in [-0.2, -0.15) is 9.97 Å². The molecule has 2 heterocycles. The van der Waals surface area contributed by atoms with Crippen LogP contribution in [0.2, 0.25) is 0 Å². The first kappa shape index (κ1) is 8.35. The van der Waals surface area contributed by atoms with E-state index in [4.69, 9.17) is 5.73 Å². The Balaban J connectivity index is 2.60. The van der Waals surface area contributed by atoms with Gasteiger partial charge in [0.25, 0.3) is 0 Å². The Bertz CT molecular complexity index is 492. The van der Waals surface area contributed by atoms with E-state index in [9.17, 15) is 4.79 Å². The third-order valence-electron chi connectivity index (χ3n) is 1.44. The van der Waals surface area contributed by atoms with Gasteiger partial charge in [-0.05, 0) is 10.3 Å². The Morgan fingerprint density at radius 1 is 1.43 bits per heavy atom. The minimum absolute atomic E-state index is 0.00282. The van der Waals surface area contributed by atoms with Gasteiger partial charge in [0.15, 0.2) is 11.3 Å². The normalized spacial score (nSPS) is 10.4. The molecular formula is C6H6N6O2. The molecule has 0 fully saturated rings. The second-order valence-electron chi connectivity index (χ2n) is 2.55. The largest absolute Gasteiger partial charge is 0.368 e. The molecule has 2 rings (SSSR count). The first-order valence-electron chi connectivity index (χ1n) is 3.70. The minimum atomic E-state index is -0.285. The fourth-order valence-electron chi connectivity index (χ4n) is 0.961. The van der Waals surface area contributed by atoms with E-state index < -0.39 is 0 Å².